The van der Waals surface area contributed by atoms with Gasteiger partial charge in [-0.05, 0) is 0 Å². The molecule has 0 saturated carbocycles. The topological polar surface area (TPSA) is 131 Å². The van der Waals surface area contributed by atoms with E-state index >= 15 is 0 Å². The molecule has 0 saturated heterocycles. The zero-order valence-electron chi connectivity index (χ0n) is 7.93. The maximum absolute atomic E-state index is 8.88. The summed E-state index contributed by atoms with van der Waals surface area (Å²) in [5.41, 5.74) is 9.23. The highest BCUT2D eigenvalue weighted by Gasteiger charge is 2.29. The van der Waals surface area contributed by atoms with Gasteiger partial charge in [-0.3, -0.25) is 0 Å². The number of aliphatic hydroxyl groups excluding tert-OH is 3. The van der Waals surface area contributed by atoms with Crippen molar-refractivity contribution in [2.45, 2.75) is 6.17 Å². The van der Waals surface area contributed by atoms with Crippen LogP contribution in [0.4, 0.5) is 0 Å². The molecule has 7 N–H and O–H groups in total. The van der Waals surface area contributed by atoms with Gasteiger partial charge in [-0.25, -0.2) is 9.78 Å². The molecule has 0 amide bonds. The van der Waals surface area contributed by atoms with Crippen LogP contribution in [0.2, 0.25) is 0 Å². The molecule has 0 fully saturated rings. The Morgan fingerprint density at radius 1 is 1.00 bits per heavy atom. The first-order valence-electron chi connectivity index (χ1n) is 4.18. The van der Waals surface area contributed by atoms with Crippen molar-refractivity contribution in [3.05, 3.63) is 0 Å². The number of hydrogen-bond donors (Lipinski definition) is 5. The van der Waals surface area contributed by atoms with Gasteiger partial charge in [-0.2, -0.15) is 0 Å². The highest BCUT2D eigenvalue weighted by Crippen LogP contribution is 2.14. The second kappa shape index (κ2) is 7.07. The molecule has 0 aromatic carbocycles. The Hall–Kier alpha value is -0.280. The molecular formula is C7H18N2O5. The lowest BCUT2D eigenvalue weighted by Crippen LogP contribution is -2.40. The van der Waals surface area contributed by atoms with Gasteiger partial charge >= 0.3 is 0 Å². The minimum absolute atomic E-state index is 0.00162. The van der Waals surface area contributed by atoms with Crippen molar-refractivity contribution in [3.63, 3.8) is 0 Å². The van der Waals surface area contributed by atoms with Crippen molar-refractivity contribution < 1.29 is 25.1 Å². The van der Waals surface area contributed by atoms with Crippen LogP contribution in [-0.4, -0.2) is 54.5 Å². The van der Waals surface area contributed by atoms with Crippen LogP contribution in [0.3, 0.4) is 0 Å². The molecule has 0 rings (SSSR count). The van der Waals surface area contributed by atoms with E-state index < -0.39 is 31.4 Å². The zero-order chi connectivity index (χ0) is 11.0. The van der Waals surface area contributed by atoms with Gasteiger partial charge in [-0.1, -0.05) is 0 Å². The largest absolute Gasteiger partial charge is 0.396 e. The Balaban J connectivity index is 3.71. The molecular weight excluding hydrogens is 192 g/mol. The standard InChI is InChI=1S/C7H18N2O5/c8-6(9)1-13-14-5-7(2-10,3-11)4-12/h6,10-12H,1-5,8-9H2. The highest BCUT2D eigenvalue weighted by molar-refractivity contribution is 4.75. The molecule has 0 aliphatic carbocycles. The van der Waals surface area contributed by atoms with E-state index in [-0.39, 0.29) is 13.2 Å². The van der Waals surface area contributed by atoms with Crippen LogP contribution in [-0.2, 0) is 9.78 Å². The summed E-state index contributed by atoms with van der Waals surface area (Å²) in [7, 11) is 0. The van der Waals surface area contributed by atoms with Crippen molar-refractivity contribution in [2.75, 3.05) is 33.0 Å². The summed E-state index contributed by atoms with van der Waals surface area (Å²) >= 11 is 0. The lowest BCUT2D eigenvalue weighted by molar-refractivity contribution is -0.317. The molecule has 0 unspecified atom stereocenters. The van der Waals surface area contributed by atoms with Gasteiger partial charge in [0.15, 0.2) is 0 Å². The molecule has 7 heteroatoms. The summed E-state index contributed by atoms with van der Waals surface area (Å²) in [4.78, 5) is 9.22. The molecule has 0 spiro atoms. The van der Waals surface area contributed by atoms with Crippen LogP contribution in [0.25, 0.3) is 0 Å². The first-order chi connectivity index (χ1) is 6.60. The summed E-state index contributed by atoms with van der Waals surface area (Å²) < 4.78 is 0. The third kappa shape index (κ3) is 4.82. The van der Waals surface area contributed by atoms with Gasteiger partial charge < -0.3 is 26.8 Å². The van der Waals surface area contributed by atoms with E-state index in [0.717, 1.165) is 0 Å². The smallest absolute Gasteiger partial charge is 0.110 e. The van der Waals surface area contributed by atoms with Crippen LogP contribution in [0.1, 0.15) is 0 Å². The van der Waals surface area contributed by atoms with Gasteiger partial charge in [0, 0.05) is 0 Å². The molecule has 86 valence electrons. The SMILES string of the molecule is NC(N)COOCC(CO)(CO)CO. The molecule has 0 aromatic heterocycles. The lowest BCUT2D eigenvalue weighted by Gasteiger charge is -2.25. The number of nitrogens with two attached hydrogens (primary N) is 2. The fourth-order valence-corrected chi connectivity index (χ4v) is 0.580. The van der Waals surface area contributed by atoms with Crippen LogP contribution in [0.15, 0.2) is 0 Å². The third-order valence-electron chi connectivity index (χ3n) is 1.72. The summed E-state index contributed by atoms with van der Waals surface area (Å²) in [5, 5.41) is 26.6. The molecule has 0 atom stereocenters. The minimum Gasteiger partial charge on any atom is -0.396 e. The molecule has 0 aromatic rings. The van der Waals surface area contributed by atoms with Crippen molar-refractivity contribution in [2.24, 2.45) is 16.9 Å². The highest BCUT2D eigenvalue weighted by atomic mass is 17.2. The monoisotopic (exact) mass is 210 g/mol. The molecule has 0 aliphatic heterocycles. The predicted molar refractivity (Wildman–Crippen MR) is 47.8 cm³/mol. The molecule has 14 heavy (non-hydrogen) atoms. The predicted octanol–water partition coefficient (Wildman–Crippen LogP) is -2.86. The number of rotatable bonds is 8. The molecule has 7 nitrogen and oxygen atoms in total. The Labute approximate surface area is 82.1 Å². The first-order valence-corrected chi connectivity index (χ1v) is 4.18. The summed E-state index contributed by atoms with van der Waals surface area (Å²) in [6.45, 7) is -1.35. The Morgan fingerprint density at radius 3 is 1.86 bits per heavy atom. The molecule has 0 radical (unpaired) electrons. The molecule has 0 aliphatic rings. The van der Waals surface area contributed by atoms with Crippen LogP contribution >= 0.6 is 0 Å². The second-order valence-electron chi connectivity index (χ2n) is 3.18. The van der Waals surface area contributed by atoms with Gasteiger partial charge in [0.1, 0.15) is 6.61 Å². The van der Waals surface area contributed by atoms with E-state index in [9.17, 15) is 0 Å². The minimum atomic E-state index is -1.10. The molecule has 0 heterocycles. The van der Waals surface area contributed by atoms with E-state index in [1.165, 1.54) is 0 Å². The fourth-order valence-electron chi connectivity index (χ4n) is 0.580. The van der Waals surface area contributed by atoms with Crippen molar-refractivity contribution in [3.8, 4) is 0 Å². The van der Waals surface area contributed by atoms with Crippen LogP contribution < -0.4 is 11.5 Å². The summed E-state index contributed by atoms with van der Waals surface area (Å²) in [6, 6.07) is 0. The lowest BCUT2D eigenvalue weighted by atomic mass is 9.93. The van der Waals surface area contributed by atoms with Crippen LogP contribution in [0, 0.1) is 5.41 Å². The van der Waals surface area contributed by atoms with Gasteiger partial charge in [0.2, 0.25) is 0 Å². The van der Waals surface area contributed by atoms with E-state index in [1.807, 2.05) is 0 Å². The van der Waals surface area contributed by atoms with Gasteiger partial charge in [-0.15, -0.1) is 0 Å². The van der Waals surface area contributed by atoms with Crippen LogP contribution in [0.5, 0.6) is 0 Å². The Morgan fingerprint density at radius 2 is 1.50 bits per heavy atom. The third-order valence-corrected chi connectivity index (χ3v) is 1.72. The average Bonchev–Trinajstić information content (AvgIpc) is 2.19. The average molecular weight is 210 g/mol. The van der Waals surface area contributed by atoms with Gasteiger partial charge in [0.25, 0.3) is 0 Å². The quantitative estimate of drug-likeness (QED) is 0.126. The number of hydrogen-bond acceptors (Lipinski definition) is 7. The van der Waals surface area contributed by atoms with Crippen molar-refractivity contribution >= 4 is 0 Å². The van der Waals surface area contributed by atoms with Crippen molar-refractivity contribution in [1.82, 2.24) is 0 Å². The van der Waals surface area contributed by atoms with E-state index in [2.05, 4.69) is 9.78 Å². The Bertz CT molecular complexity index is 132. The normalized spacial score (nSPS) is 12.4. The van der Waals surface area contributed by atoms with E-state index in [1.54, 1.807) is 0 Å². The molecule has 0 bridgehead atoms. The van der Waals surface area contributed by atoms with Gasteiger partial charge in [0.05, 0.1) is 38.0 Å². The Kier molecular flexibility index (Phi) is 6.93. The summed E-state index contributed by atoms with van der Waals surface area (Å²) in [5.74, 6) is 0. The van der Waals surface area contributed by atoms with E-state index in [4.69, 9.17) is 26.8 Å². The fraction of sp³-hybridized carbons (Fsp3) is 1.00. The summed E-state index contributed by atoms with van der Waals surface area (Å²) in [6.07, 6.45) is -0.651. The van der Waals surface area contributed by atoms with E-state index in [0.29, 0.717) is 0 Å². The maximum Gasteiger partial charge on any atom is 0.110 e. The number of aliphatic hydroxyl groups is 3. The first kappa shape index (κ1) is 13.7. The maximum atomic E-state index is 8.88. The van der Waals surface area contributed by atoms with Crippen molar-refractivity contribution in [1.29, 1.82) is 0 Å². The zero-order valence-corrected chi connectivity index (χ0v) is 7.93. The second-order valence-corrected chi connectivity index (χ2v) is 3.18.